The molecule has 0 amide bonds. The molecule has 79 heavy (non-hydrogen) atoms. The summed E-state index contributed by atoms with van der Waals surface area (Å²) in [6.45, 7) is 6.48. The van der Waals surface area contributed by atoms with Crippen LogP contribution in [0.15, 0.2) is 109 Å². The second kappa shape index (κ2) is 66.6. The number of carbonyl (C=O) groups excluding carboxylic acids is 3. The van der Waals surface area contributed by atoms with Crippen LogP contribution in [0, 0.1) is 0 Å². The molecule has 0 aliphatic rings. The monoisotopic (exact) mass is 1100 g/mol. The van der Waals surface area contributed by atoms with Crippen molar-refractivity contribution in [2.45, 2.75) is 322 Å². The van der Waals surface area contributed by atoms with Crippen molar-refractivity contribution in [1.82, 2.24) is 0 Å². The van der Waals surface area contributed by atoms with E-state index < -0.39 is 6.10 Å². The second-order valence-corrected chi connectivity index (χ2v) is 22.0. The highest BCUT2D eigenvalue weighted by Crippen LogP contribution is 2.16. The molecule has 0 heterocycles. The third-order valence-electron chi connectivity index (χ3n) is 14.3. The minimum atomic E-state index is -0.819. The molecule has 1 atom stereocenters. The van der Waals surface area contributed by atoms with E-state index in [9.17, 15) is 14.4 Å². The highest BCUT2D eigenvalue weighted by molar-refractivity contribution is 5.71. The summed E-state index contributed by atoms with van der Waals surface area (Å²) in [5, 5.41) is 0. The van der Waals surface area contributed by atoms with Crippen LogP contribution in [0.5, 0.6) is 0 Å². The van der Waals surface area contributed by atoms with Gasteiger partial charge in [-0.3, -0.25) is 14.4 Å². The van der Waals surface area contributed by atoms with Crippen molar-refractivity contribution < 1.29 is 28.6 Å². The Balaban J connectivity index is 4.33. The summed E-state index contributed by atoms with van der Waals surface area (Å²) >= 11 is 0. The van der Waals surface area contributed by atoms with Crippen molar-refractivity contribution in [3.05, 3.63) is 109 Å². The minimum Gasteiger partial charge on any atom is -0.462 e. The average Bonchev–Trinajstić information content (AvgIpc) is 3.45. The summed E-state index contributed by atoms with van der Waals surface area (Å²) in [5.74, 6) is -0.982. The lowest BCUT2D eigenvalue weighted by Gasteiger charge is -2.18. The molecule has 0 saturated heterocycles. The van der Waals surface area contributed by atoms with Crippen molar-refractivity contribution >= 4 is 17.9 Å². The van der Waals surface area contributed by atoms with Gasteiger partial charge in [0, 0.05) is 19.3 Å². The zero-order valence-corrected chi connectivity index (χ0v) is 51.9. The van der Waals surface area contributed by atoms with Gasteiger partial charge >= 0.3 is 17.9 Å². The SMILES string of the molecule is CC/C=C\C/C=C\C/C=C\C/C=C\C/C=C\C/C=C\CCC(=O)OC(COC(=O)CCCCCCCCCCCCCCC)COC(=O)CCCCCCCCCCCCCCCC/C=C\C/C=C\C/C=C\CCCCCCC. The van der Waals surface area contributed by atoms with Gasteiger partial charge in [0.2, 0.25) is 0 Å². The molecule has 0 fully saturated rings. The van der Waals surface area contributed by atoms with Crippen LogP contribution in [0.4, 0.5) is 0 Å². The van der Waals surface area contributed by atoms with E-state index in [4.69, 9.17) is 14.2 Å². The molecule has 6 nitrogen and oxygen atoms in total. The molecule has 0 N–H and O–H groups in total. The Bertz CT molecular complexity index is 1590. The van der Waals surface area contributed by atoms with Gasteiger partial charge in [0.15, 0.2) is 6.10 Å². The molecule has 0 radical (unpaired) electrons. The Morgan fingerprint density at radius 3 is 0.823 bits per heavy atom. The molecule has 0 aliphatic heterocycles. The van der Waals surface area contributed by atoms with Gasteiger partial charge in [0.1, 0.15) is 13.2 Å². The number of ether oxygens (including phenoxy) is 3. The maximum absolute atomic E-state index is 12.9. The summed E-state index contributed by atoms with van der Waals surface area (Å²) in [6, 6.07) is 0. The first-order chi connectivity index (χ1) is 39.0. The van der Waals surface area contributed by atoms with E-state index in [0.29, 0.717) is 19.3 Å². The molecule has 0 bridgehead atoms. The van der Waals surface area contributed by atoms with Gasteiger partial charge in [-0.2, -0.15) is 0 Å². The maximum atomic E-state index is 12.9. The summed E-state index contributed by atoms with van der Waals surface area (Å²) in [6.07, 6.45) is 91.2. The molecular weight excluding hydrogens is 973 g/mol. The Labute approximate surface area is 489 Å². The molecule has 0 rings (SSSR count). The number of hydrogen-bond acceptors (Lipinski definition) is 6. The van der Waals surface area contributed by atoms with E-state index in [1.165, 1.54) is 180 Å². The lowest BCUT2D eigenvalue weighted by atomic mass is 10.0. The van der Waals surface area contributed by atoms with Crippen molar-refractivity contribution in [3.63, 3.8) is 0 Å². The topological polar surface area (TPSA) is 78.9 Å². The molecule has 0 spiro atoms. The average molecular weight is 1100 g/mol. The zero-order valence-electron chi connectivity index (χ0n) is 51.9. The third-order valence-corrected chi connectivity index (χ3v) is 14.3. The summed E-state index contributed by atoms with van der Waals surface area (Å²) in [4.78, 5) is 38.3. The van der Waals surface area contributed by atoms with Gasteiger partial charge < -0.3 is 14.2 Å². The Morgan fingerprint density at radius 2 is 0.519 bits per heavy atom. The van der Waals surface area contributed by atoms with Gasteiger partial charge in [0.05, 0.1) is 0 Å². The van der Waals surface area contributed by atoms with Crippen LogP contribution in [-0.2, 0) is 28.6 Å². The Morgan fingerprint density at radius 1 is 0.266 bits per heavy atom. The van der Waals surface area contributed by atoms with Crippen molar-refractivity contribution in [2.24, 2.45) is 0 Å². The summed E-state index contributed by atoms with van der Waals surface area (Å²) < 4.78 is 16.9. The van der Waals surface area contributed by atoms with Gasteiger partial charge in [0.25, 0.3) is 0 Å². The highest BCUT2D eigenvalue weighted by Gasteiger charge is 2.19. The molecule has 0 aromatic rings. The smallest absolute Gasteiger partial charge is 0.306 e. The number of esters is 3. The molecule has 0 aromatic heterocycles. The standard InChI is InChI=1S/C73H124O6/c1-4-7-10-13-16-19-22-25-27-29-31-32-33-34-35-36-37-38-39-40-42-43-45-48-51-54-57-60-63-66-72(75)78-69-70(68-77-71(74)65-62-59-56-53-50-47-24-21-18-15-12-9-6-3)79-73(76)67-64-61-58-55-52-49-46-44-41-30-28-26-23-20-17-14-11-8-5-2/h8,11,17,20,22,25-26,28-29,31,33-34,41,44,49,52,58,61,70H,4-7,9-10,12-16,18-19,21,23-24,27,30,32,35-40,42-43,45-48,50-51,53-57,59-60,62-69H2,1-3H3/b11-8-,20-17-,25-22-,28-26-,31-29-,34-33-,44-41-,52-49-,61-58-. The summed E-state index contributed by atoms with van der Waals surface area (Å²) in [5.41, 5.74) is 0. The number of allylic oxidation sites excluding steroid dienone is 18. The Hall–Kier alpha value is -3.93. The molecular formula is C73H124O6. The van der Waals surface area contributed by atoms with Crippen molar-refractivity contribution in [3.8, 4) is 0 Å². The van der Waals surface area contributed by atoms with Crippen molar-refractivity contribution in [2.75, 3.05) is 13.2 Å². The number of hydrogen-bond donors (Lipinski definition) is 0. The zero-order chi connectivity index (χ0) is 57.1. The minimum absolute atomic E-state index is 0.106. The molecule has 0 aliphatic carbocycles. The first-order valence-corrected chi connectivity index (χ1v) is 33.4. The molecule has 452 valence electrons. The van der Waals surface area contributed by atoms with E-state index in [0.717, 1.165) is 89.9 Å². The van der Waals surface area contributed by atoms with Gasteiger partial charge in [-0.15, -0.1) is 0 Å². The normalized spacial score (nSPS) is 12.8. The van der Waals surface area contributed by atoms with Crippen LogP contribution in [0.3, 0.4) is 0 Å². The van der Waals surface area contributed by atoms with Crippen LogP contribution >= 0.6 is 0 Å². The lowest BCUT2D eigenvalue weighted by Crippen LogP contribution is -2.30. The molecule has 0 saturated carbocycles. The van der Waals surface area contributed by atoms with Gasteiger partial charge in [-0.1, -0.05) is 310 Å². The van der Waals surface area contributed by atoms with E-state index in [1.54, 1.807) is 0 Å². The molecule has 0 aromatic carbocycles. The van der Waals surface area contributed by atoms with Crippen molar-refractivity contribution in [1.29, 1.82) is 0 Å². The number of carbonyl (C=O) groups is 3. The van der Waals surface area contributed by atoms with E-state index in [-0.39, 0.29) is 37.5 Å². The quantitative estimate of drug-likeness (QED) is 0.0261. The van der Waals surface area contributed by atoms with E-state index >= 15 is 0 Å². The first-order valence-electron chi connectivity index (χ1n) is 33.4. The van der Waals surface area contributed by atoms with E-state index in [1.807, 2.05) is 6.08 Å². The fourth-order valence-corrected chi connectivity index (χ4v) is 9.30. The van der Waals surface area contributed by atoms with Gasteiger partial charge in [-0.05, 0) is 96.3 Å². The predicted molar refractivity (Wildman–Crippen MR) is 343 cm³/mol. The van der Waals surface area contributed by atoms with Crippen LogP contribution in [0.1, 0.15) is 316 Å². The Kier molecular flexibility index (Phi) is 63.3. The van der Waals surface area contributed by atoms with Crippen LogP contribution < -0.4 is 0 Å². The summed E-state index contributed by atoms with van der Waals surface area (Å²) in [7, 11) is 0. The molecule has 6 heteroatoms. The lowest BCUT2D eigenvalue weighted by molar-refractivity contribution is -0.166. The predicted octanol–water partition coefficient (Wildman–Crippen LogP) is 23.0. The van der Waals surface area contributed by atoms with Crippen LogP contribution in [-0.4, -0.2) is 37.2 Å². The fourth-order valence-electron chi connectivity index (χ4n) is 9.30. The fraction of sp³-hybridized carbons (Fsp3) is 0.712. The second-order valence-electron chi connectivity index (χ2n) is 22.0. The van der Waals surface area contributed by atoms with Crippen LogP contribution in [0.25, 0.3) is 0 Å². The molecule has 1 unspecified atom stereocenters. The maximum Gasteiger partial charge on any atom is 0.306 e. The number of rotatable bonds is 60. The van der Waals surface area contributed by atoms with Gasteiger partial charge in [-0.25, -0.2) is 0 Å². The van der Waals surface area contributed by atoms with Crippen LogP contribution in [0.2, 0.25) is 0 Å². The largest absolute Gasteiger partial charge is 0.462 e. The number of unbranched alkanes of at least 4 members (excludes halogenated alkanes) is 31. The third kappa shape index (κ3) is 64.8. The van der Waals surface area contributed by atoms with E-state index in [2.05, 4.69) is 124 Å². The first kappa shape index (κ1) is 75.1. The highest BCUT2D eigenvalue weighted by atomic mass is 16.6.